The number of halogens is 1. The molecule has 0 bridgehead atoms. The van der Waals surface area contributed by atoms with E-state index >= 15 is 0 Å². The summed E-state index contributed by atoms with van der Waals surface area (Å²) in [6.07, 6.45) is 1.39. The third-order valence-electron chi connectivity index (χ3n) is 2.37. The summed E-state index contributed by atoms with van der Waals surface area (Å²) in [4.78, 5) is 0. The third kappa shape index (κ3) is 2.08. The third-order valence-corrected chi connectivity index (χ3v) is 2.66. The number of hydrogen-bond acceptors (Lipinski definition) is 2. The van der Waals surface area contributed by atoms with Crippen LogP contribution in [0.4, 0.5) is 0 Å². The van der Waals surface area contributed by atoms with Crippen LogP contribution in [0.2, 0.25) is 0 Å². The van der Waals surface area contributed by atoms with Gasteiger partial charge in [0.25, 0.3) is 0 Å². The van der Waals surface area contributed by atoms with E-state index in [0.717, 1.165) is 19.5 Å². The van der Waals surface area contributed by atoms with Gasteiger partial charge in [-0.05, 0) is 18.2 Å². The Kier molecular flexibility index (Phi) is 2.79. The van der Waals surface area contributed by atoms with Crippen molar-refractivity contribution in [2.45, 2.75) is 26.4 Å². The normalized spacial score (nSPS) is 32.2. The number of rotatable bonds is 1. The van der Waals surface area contributed by atoms with Crippen LogP contribution in [0.5, 0.6) is 0 Å². The molecular weight excluding hydrogens is 162 g/mol. The molecular formula is C8H16ClNO. The maximum Gasteiger partial charge on any atom is 0.0647 e. The molecule has 1 atom stereocenters. The van der Waals surface area contributed by atoms with Gasteiger partial charge in [0.05, 0.1) is 6.10 Å². The van der Waals surface area contributed by atoms with Crippen molar-refractivity contribution < 1.29 is 4.74 Å². The van der Waals surface area contributed by atoms with Crippen molar-refractivity contribution in [3.05, 3.63) is 0 Å². The van der Waals surface area contributed by atoms with E-state index in [2.05, 4.69) is 13.8 Å². The van der Waals surface area contributed by atoms with E-state index in [-0.39, 0.29) is 5.41 Å². The molecule has 0 aliphatic carbocycles. The van der Waals surface area contributed by atoms with Crippen molar-refractivity contribution in [1.82, 2.24) is 4.42 Å². The molecule has 1 heterocycles. The summed E-state index contributed by atoms with van der Waals surface area (Å²) in [5, 5.41) is 0. The number of piperidine rings is 1. The summed E-state index contributed by atoms with van der Waals surface area (Å²) in [5.74, 6) is 0. The van der Waals surface area contributed by atoms with E-state index in [1.165, 1.54) is 0 Å². The molecule has 1 fully saturated rings. The molecule has 1 aliphatic rings. The van der Waals surface area contributed by atoms with Gasteiger partial charge in [-0.15, -0.1) is 0 Å². The van der Waals surface area contributed by atoms with Gasteiger partial charge >= 0.3 is 0 Å². The van der Waals surface area contributed by atoms with Crippen molar-refractivity contribution >= 4 is 11.8 Å². The molecule has 0 unspecified atom stereocenters. The van der Waals surface area contributed by atoms with E-state index in [4.69, 9.17) is 16.5 Å². The first-order valence-corrected chi connectivity index (χ1v) is 4.33. The maximum atomic E-state index is 5.90. The Labute approximate surface area is 73.6 Å². The lowest BCUT2D eigenvalue weighted by molar-refractivity contribution is -0.0324. The van der Waals surface area contributed by atoms with E-state index in [1.54, 1.807) is 7.11 Å². The van der Waals surface area contributed by atoms with Crippen LogP contribution in [0.25, 0.3) is 0 Å². The van der Waals surface area contributed by atoms with Crippen LogP contribution >= 0.6 is 11.8 Å². The molecule has 2 nitrogen and oxygen atoms in total. The van der Waals surface area contributed by atoms with Crippen LogP contribution in [-0.2, 0) is 4.74 Å². The zero-order valence-corrected chi connectivity index (χ0v) is 8.19. The first-order valence-electron chi connectivity index (χ1n) is 4.00. The lowest BCUT2D eigenvalue weighted by Crippen LogP contribution is -2.45. The standard InChI is InChI=1S/C8H16ClNO/c1-8(2)6-10(9)5-4-7(8)11-3/h7H,4-6H2,1-3H3/t7-/m0/s1. The fourth-order valence-corrected chi connectivity index (χ4v) is 2.11. The second-order valence-corrected chi connectivity index (χ2v) is 4.32. The summed E-state index contributed by atoms with van der Waals surface area (Å²) in [6, 6.07) is 0. The van der Waals surface area contributed by atoms with Crippen LogP contribution in [0, 0.1) is 5.41 Å². The Morgan fingerprint density at radius 1 is 1.55 bits per heavy atom. The van der Waals surface area contributed by atoms with E-state index < -0.39 is 0 Å². The summed E-state index contributed by atoms with van der Waals surface area (Å²) >= 11 is 5.90. The molecule has 0 N–H and O–H groups in total. The lowest BCUT2D eigenvalue weighted by Gasteiger charge is -2.40. The molecule has 3 heteroatoms. The molecule has 0 spiro atoms. The Morgan fingerprint density at radius 3 is 2.64 bits per heavy atom. The van der Waals surface area contributed by atoms with Crippen molar-refractivity contribution in [3.63, 3.8) is 0 Å². The van der Waals surface area contributed by atoms with E-state index in [0.29, 0.717) is 6.10 Å². The fraction of sp³-hybridized carbons (Fsp3) is 1.00. The SMILES string of the molecule is CO[C@H]1CCN(Cl)CC1(C)C. The summed E-state index contributed by atoms with van der Waals surface area (Å²) in [6.45, 7) is 6.22. The van der Waals surface area contributed by atoms with Crippen molar-refractivity contribution in [2.75, 3.05) is 20.2 Å². The van der Waals surface area contributed by atoms with Gasteiger partial charge in [-0.3, -0.25) is 0 Å². The Bertz CT molecular complexity index is 138. The van der Waals surface area contributed by atoms with Gasteiger partial charge in [0.15, 0.2) is 0 Å². The topological polar surface area (TPSA) is 12.5 Å². The highest BCUT2D eigenvalue weighted by Crippen LogP contribution is 2.31. The first-order chi connectivity index (χ1) is 5.06. The van der Waals surface area contributed by atoms with Gasteiger partial charge in [-0.1, -0.05) is 13.8 Å². The molecule has 66 valence electrons. The Morgan fingerprint density at radius 2 is 2.18 bits per heavy atom. The zero-order valence-electron chi connectivity index (χ0n) is 7.43. The molecule has 11 heavy (non-hydrogen) atoms. The Hall–Kier alpha value is 0.210. The minimum absolute atomic E-state index is 0.189. The van der Waals surface area contributed by atoms with Crippen molar-refractivity contribution in [3.8, 4) is 0 Å². The molecule has 0 aromatic rings. The first kappa shape index (κ1) is 9.30. The number of ether oxygens (including phenoxy) is 1. The molecule has 1 aliphatic heterocycles. The quantitative estimate of drug-likeness (QED) is 0.568. The number of nitrogens with zero attached hydrogens (tertiary/aromatic N) is 1. The summed E-state index contributed by atoms with van der Waals surface area (Å²) < 4.78 is 7.21. The fourth-order valence-electron chi connectivity index (χ4n) is 1.71. The average molecular weight is 178 g/mol. The molecule has 0 aromatic heterocycles. The lowest BCUT2D eigenvalue weighted by atomic mass is 9.82. The second kappa shape index (κ2) is 3.30. The monoisotopic (exact) mass is 177 g/mol. The molecule has 0 saturated carbocycles. The molecule has 0 amide bonds. The highest BCUT2D eigenvalue weighted by Gasteiger charge is 2.35. The van der Waals surface area contributed by atoms with Crippen LogP contribution in [0.15, 0.2) is 0 Å². The van der Waals surface area contributed by atoms with Gasteiger partial charge < -0.3 is 4.74 Å². The van der Waals surface area contributed by atoms with Crippen molar-refractivity contribution in [2.24, 2.45) is 5.41 Å². The molecule has 1 saturated heterocycles. The smallest absolute Gasteiger partial charge is 0.0647 e. The summed E-state index contributed by atoms with van der Waals surface area (Å²) in [5.41, 5.74) is 0.189. The van der Waals surface area contributed by atoms with Crippen LogP contribution < -0.4 is 0 Å². The van der Waals surface area contributed by atoms with E-state index in [1.807, 2.05) is 4.42 Å². The van der Waals surface area contributed by atoms with Gasteiger partial charge in [0.1, 0.15) is 0 Å². The average Bonchev–Trinajstić information content (AvgIpc) is 1.85. The minimum atomic E-state index is 0.189. The number of methoxy groups -OCH3 is 1. The van der Waals surface area contributed by atoms with Crippen LogP contribution in [-0.4, -0.2) is 30.7 Å². The van der Waals surface area contributed by atoms with Gasteiger partial charge in [0.2, 0.25) is 0 Å². The minimum Gasteiger partial charge on any atom is -0.381 e. The van der Waals surface area contributed by atoms with E-state index in [9.17, 15) is 0 Å². The molecule has 0 radical (unpaired) electrons. The highest BCUT2D eigenvalue weighted by atomic mass is 35.5. The highest BCUT2D eigenvalue weighted by molar-refractivity contribution is 6.13. The van der Waals surface area contributed by atoms with Gasteiger partial charge in [-0.2, -0.15) is 0 Å². The summed E-state index contributed by atoms with van der Waals surface area (Å²) in [7, 11) is 1.77. The van der Waals surface area contributed by atoms with Gasteiger partial charge in [0, 0.05) is 25.6 Å². The van der Waals surface area contributed by atoms with Gasteiger partial charge in [-0.25, -0.2) is 4.42 Å². The largest absolute Gasteiger partial charge is 0.381 e. The second-order valence-electron chi connectivity index (χ2n) is 3.85. The van der Waals surface area contributed by atoms with Crippen LogP contribution in [0.3, 0.4) is 0 Å². The maximum absolute atomic E-state index is 5.90. The predicted octanol–water partition coefficient (Wildman–Crippen LogP) is 1.89. The van der Waals surface area contributed by atoms with Crippen molar-refractivity contribution in [1.29, 1.82) is 0 Å². The molecule has 1 rings (SSSR count). The predicted molar refractivity (Wildman–Crippen MR) is 46.6 cm³/mol. The van der Waals surface area contributed by atoms with Crippen LogP contribution in [0.1, 0.15) is 20.3 Å². The number of hydrogen-bond donors (Lipinski definition) is 0. The molecule has 0 aromatic carbocycles. The Balaban J connectivity index is 2.56. The zero-order chi connectivity index (χ0) is 8.48.